The van der Waals surface area contributed by atoms with Gasteiger partial charge < -0.3 is 0 Å². The van der Waals surface area contributed by atoms with Crippen LogP contribution in [-0.4, -0.2) is 0 Å². The Balaban J connectivity index is 2.09. The van der Waals surface area contributed by atoms with Gasteiger partial charge in [-0.3, -0.25) is 0 Å². The van der Waals surface area contributed by atoms with E-state index >= 15 is 0 Å². The van der Waals surface area contributed by atoms with E-state index in [2.05, 4.69) is 13.8 Å². The van der Waals surface area contributed by atoms with E-state index in [1.807, 2.05) is 0 Å². The van der Waals surface area contributed by atoms with E-state index in [1.54, 1.807) is 17.6 Å². The Labute approximate surface area is 68.7 Å². The quantitative estimate of drug-likeness (QED) is 0.463. The van der Waals surface area contributed by atoms with E-state index < -0.39 is 0 Å². The van der Waals surface area contributed by atoms with Crippen molar-refractivity contribution in [2.45, 2.75) is 33.1 Å². The van der Waals surface area contributed by atoms with Gasteiger partial charge in [0.1, 0.15) is 0 Å². The summed E-state index contributed by atoms with van der Waals surface area (Å²) in [4.78, 5) is 0. The molecule has 2 bridgehead atoms. The van der Waals surface area contributed by atoms with E-state index in [4.69, 9.17) is 0 Å². The van der Waals surface area contributed by atoms with Crippen molar-refractivity contribution < 1.29 is 0 Å². The van der Waals surface area contributed by atoms with Gasteiger partial charge >= 0.3 is 0 Å². The van der Waals surface area contributed by atoms with Gasteiger partial charge in [-0.05, 0) is 56.8 Å². The van der Waals surface area contributed by atoms with Crippen molar-refractivity contribution in [2.24, 2.45) is 23.7 Å². The fraction of sp³-hybridized carbons (Fsp3) is 0.818. The van der Waals surface area contributed by atoms with Crippen LogP contribution in [0.5, 0.6) is 0 Å². The minimum Gasteiger partial charge on any atom is -0.0710 e. The molecule has 4 unspecified atom stereocenters. The molecular weight excluding hydrogens is 132 g/mol. The highest BCUT2D eigenvalue weighted by molar-refractivity contribution is 5.28. The van der Waals surface area contributed by atoms with Gasteiger partial charge in [-0.1, -0.05) is 11.1 Å². The van der Waals surface area contributed by atoms with Gasteiger partial charge in [0.05, 0.1) is 0 Å². The molecule has 3 aliphatic carbocycles. The van der Waals surface area contributed by atoms with Crippen molar-refractivity contribution in [2.75, 3.05) is 0 Å². The van der Waals surface area contributed by atoms with Gasteiger partial charge in [0.25, 0.3) is 0 Å². The Hall–Kier alpha value is -0.260. The van der Waals surface area contributed by atoms with Crippen LogP contribution in [0.25, 0.3) is 0 Å². The number of hydrogen-bond donors (Lipinski definition) is 0. The van der Waals surface area contributed by atoms with E-state index in [0.717, 1.165) is 23.7 Å². The monoisotopic (exact) mass is 148 g/mol. The van der Waals surface area contributed by atoms with Gasteiger partial charge in [0.2, 0.25) is 0 Å². The van der Waals surface area contributed by atoms with E-state index in [1.165, 1.54) is 12.8 Å². The predicted octanol–water partition coefficient (Wildman–Crippen LogP) is 3.00. The molecule has 3 rings (SSSR count). The molecule has 0 aromatic rings. The lowest BCUT2D eigenvalue weighted by atomic mass is 9.62. The zero-order valence-electron chi connectivity index (χ0n) is 7.43. The maximum Gasteiger partial charge on any atom is -0.0169 e. The smallest absolute Gasteiger partial charge is 0.0169 e. The maximum absolute atomic E-state index is 2.38. The third-order valence-corrected chi connectivity index (χ3v) is 4.61. The topological polar surface area (TPSA) is 0 Å². The average molecular weight is 148 g/mol. The number of fused-ring (bicyclic) bond motifs is 1. The molecule has 11 heavy (non-hydrogen) atoms. The second-order valence-corrected chi connectivity index (χ2v) is 4.80. The van der Waals surface area contributed by atoms with Crippen LogP contribution in [0.4, 0.5) is 0 Å². The van der Waals surface area contributed by atoms with Crippen LogP contribution in [0.1, 0.15) is 33.1 Å². The van der Waals surface area contributed by atoms with Crippen molar-refractivity contribution >= 4 is 0 Å². The van der Waals surface area contributed by atoms with E-state index in [9.17, 15) is 0 Å². The van der Waals surface area contributed by atoms with Gasteiger partial charge in [0.15, 0.2) is 0 Å². The van der Waals surface area contributed by atoms with Crippen LogP contribution >= 0.6 is 0 Å². The lowest BCUT2D eigenvalue weighted by molar-refractivity contribution is 0.132. The lowest BCUT2D eigenvalue weighted by Crippen LogP contribution is -2.34. The Morgan fingerprint density at radius 2 is 1.82 bits per heavy atom. The average Bonchev–Trinajstić information content (AvgIpc) is 2.17. The molecule has 60 valence electrons. The Morgan fingerprint density at radius 1 is 1.00 bits per heavy atom. The van der Waals surface area contributed by atoms with Crippen molar-refractivity contribution in [3.8, 4) is 0 Å². The first kappa shape index (κ1) is 6.28. The molecule has 2 saturated carbocycles. The van der Waals surface area contributed by atoms with Crippen molar-refractivity contribution in [3.63, 3.8) is 0 Å². The summed E-state index contributed by atoms with van der Waals surface area (Å²) in [6.07, 6.45) is 4.60. The number of allylic oxidation sites excluding steroid dienone is 2. The fourth-order valence-electron chi connectivity index (χ4n) is 3.69. The summed E-state index contributed by atoms with van der Waals surface area (Å²) in [6.45, 7) is 4.75. The van der Waals surface area contributed by atoms with Crippen molar-refractivity contribution in [1.29, 1.82) is 0 Å². The van der Waals surface area contributed by atoms with Crippen molar-refractivity contribution in [1.82, 2.24) is 0 Å². The van der Waals surface area contributed by atoms with Crippen LogP contribution in [0.15, 0.2) is 11.1 Å². The van der Waals surface area contributed by atoms with Crippen LogP contribution in [0.2, 0.25) is 0 Å². The highest BCUT2D eigenvalue weighted by Crippen LogP contribution is 2.61. The molecule has 0 aromatic heterocycles. The predicted molar refractivity (Wildman–Crippen MR) is 46.2 cm³/mol. The SMILES string of the molecule is CC1=C(C)C2CC3CC1CC32. The molecule has 0 nitrogen and oxygen atoms in total. The summed E-state index contributed by atoms with van der Waals surface area (Å²) in [6, 6.07) is 0. The normalized spacial score (nSPS) is 52.9. The second-order valence-electron chi connectivity index (χ2n) is 4.80. The van der Waals surface area contributed by atoms with Crippen LogP contribution in [0.3, 0.4) is 0 Å². The van der Waals surface area contributed by atoms with Gasteiger partial charge in [-0.25, -0.2) is 0 Å². The first-order valence-corrected chi connectivity index (χ1v) is 4.94. The Kier molecular flexibility index (Phi) is 0.987. The van der Waals surface area contributed by atoms with Crippen LogP contribution in [-0.2, 0) is 0 Å². The molecule has 0 radical (unpaired) electrons. The van der Waals surface area contributed by atoms with E-state index in [-0.39, 0.29) is 0 Å². The third kappa shape index (κ3) is 0.579. The molecule has 0 aliphatic heterocycles. The molecule has 2 fully saturated rings. The van der Waals surface area contributed by atoms with Crippen LogP contribution in [0, 0.1) is 23.7 Å². The summed E-state index contributed by atoms with van der Waals surface area (Å²) in [5.41, 5.74) is 3.52. The van der Waals surface area contributed by atoms with Crippen molar-refractivity contribution in [3.05, 3.63) is 11.1 Å². The lowest BCUT2D eigenvalue weighted by Gasteiger charge is -2.43. The third-order valence-electron chi connectivity index (χ3n) is 4.61. The molecular formula is C11H16. The standard InChI is InChI=1S/C11H16/c1-6-7(2)10-5-9-3-8(6)4-11(9)10/h8-11H,3-5H2,1-2H3. The van der Waals surface area contributed by atoms with Gasteiger partial charge in [-0.2, -0.15) is 0 Å². The highest BCUT2D eigenvalue weighted by Gasteiger charge is 2.51. The Morgan fingerprint density at radius 3 is 2.64 bits per heavy atom. The molecule has 0 N–H and O–H groups in total. The molecule has 0 amide bonds. The van der Waals surface area contributed by atoms with Gasteiger partial charge in [-0.15, -0.1) is 0 Å². The molecule has 0 saturated heterocycles. The molecule has 0 aromatic carbocycles. The summed E-state index contributed by atoms with van der Waals surface area (Å²) in [5.74, 6) is 4.30. The highest BCUT2D eigenvalue weighted by atomic mass is 14.6. The molecule has 0 spiro atoms. The molecule has 0 heterocycles. The molecule has 3 aliphatic rings. The maximum atomic E-state index is 2.38. The molecule has 4 atom stereocenters. The summed E-state index contributed by atoms with van der Waals surface area (Å²) >= 11 is 0. The first-order valence-electron chi connectivity index (χ1n) is 4.94. The first-order chi connectivity index (χ1) is 5.27. The fourth-order valence-corrected chi connectivity index (χ4v) is 3.69. The van der Waals surface area contributed by atoms with E-state index in [0.29, 0.717) is 0 Å². The minimum atomic E-state index is 1.00. The summed E-state index contributed by atoms with van der Waals surface area (Å²) in [5, 5.41) is 0. The Bertz CT molecular complexity index is 224. The minimum absolute atomic E-state index is 1.00. The zero-order chi connectivity index (χ0) is 7.59. The zero-order valence-corrected chi connectivity index (χ0v) is 7.43. The van der Waals surface area contributed by atoms with Gasteiger partial charge in [0, 0.05) is 0 Å². The summed E-state index contributed by atoms with van der Waals surface area (Å²) in [7, 11) is 0. The number of rotatable bonds is 0. The summed E-state index contributed by atoms with van der Waals surface area (Å²) < 4.78 is 0. The number of hydrogen-bond acceptors (Lipinski definition) is 0. The van der Waals surface area contributed by atoms with Crippen LogP contribution < -0.4 is 0 Å². The second kappa shape index (κ2) is 1.73. The molecule has 0 heteroatoms. The largest absolute Gasteiger partial charge is 0.0710 e.